The molecule has 0 saturated carbocycles. The van der Waals surface area contributed by atoms with E-state index in [4.69, 9.17) is 0 Å². The van der Waals surface area contributed by atoms with E-state index in [0.29, 0.717) is 12.1 Å². The zero-order chi connectivity index (χ0) is 19.9. The molecule has 0 bridgehead atoms. The van der Waals surface area contributed by atoms with Gasteiger partial charge >= 0.3 is 0 Å². The summed E-state index contributed by atoms with van der Waals surface area (Å²) in [4.78, 5) is 26.2. The minimum absolute atomic E-state index is 0.0243. The Morgan fingerprint density at radius 2 is 1.64 bits per heavy atom. The molecule has 1 amide bonds. The second-order valence-corrected chi connectivity index (χ2v) is 7.90. The first-order chi connectivity index (χ1) is 13.5. The summed E-state index contributed by atoms with van der Waals surface area (Å²) in [6.45, 7) is 8.06. The highest BCUT2D eigenvalue weighted by atomic mass is 16.2. The smallest absolute Gasteiger partial charge is 0.220 e. The number of hydrogen-bond donors (Lipinski definition) is 2. The molecule has 1 saturated heterocycles. The lowest BCUT2D eigenvalue weighted by molar-refractivity contribution is -0.901. The van der Waals surface area contributed by atoms with Gasteiger partial charge in [-0.15, -0.1) is 0 Å². The second kappa shape index (κ2) is 9.65. The van der Waals surface area contributed by atoms with Crippen molar-refractivity contribution in [2.45, 2.75) is 52.6 Å². The minimum atomic E-state index is -0.0690. The maximum atomic E-state index is 12.4. The van der Waals surface area contributed by atoms with Crippen molar-refractivity contribution in [3.05, 3.63) is 70.3 Å². The van der Waals surface area contributed by atoms with E-state index in [0.717, 1.165) is 12.1 Å². The van der Waals surface area contributed by atoms with Crippen LogP contribution >= 0.6 is 0 Å². The summed E-state index contributed by atoms with van der Waals surface area (Å²) in [5.41, 5.74) is 5.45. The summed E-state index contributed by atoms with van der Waals surface area (Å²) in [5, 5.41) is 2.99. The molecule has 28 heavy (non-hydrogen) atoms. The van der Waals surface area contributed by atoms with E-state index in [9.17, 15) is 9.59 Å². The zero-order valence-corrected chi connectivity index (χ0v) is 17.0. The van der Waals surface area contributed by atoms with E-state index < -0.39 is 0 Å². The molecule has 0 radical (unpaired) electrons. The Morgan fingerprint density at radius 3 is 2.36 bits per heavy atom. The number of nitrogens with one attached hydrogen (secondary N) is 2. The zero-order valence-electron chi connectivity index (χ0n) is 17.0. The summed E-state index contributed by atoms with van der Waals surface area (Å²) in [5.74, 6) is -0.0446. The summed E-state index contributed by atoms with van der Waals surface area (Å²) in [7, 11) is 0. The Kier molecular flexibility index (Phi) is 6.99. The van der Waals surface area contributed by atoms with Gasteiger partial charge in [0, 0.05) is 43.4 Å². The lowest BCUT2D eigenvalue weighted by atomic mass is 10.0. The van der Waals surface area contributed by atoms with E-state index in [1.54, 1.807) is 4.90 Å². The van der Waals surface area contributed by atoms with E-state index in [1.807, 2.05) is 38.1 Å². The van der Waals surface area contributed by atoms with Gasteiger partial charge in [0.05, 0.1) is 13.1 Å². The van der Waals surface area contributed by atoms with Gasteiger partial charge in [0.2, 0.25) is 5.91 Å². The first kappa shape index (κ1) is 20.3. The minimum Gasteiger partial charge on any atom is -0.352 e. The van der Waals surface area contributed by atoms with Gasteiger partial charge < -0.3 is 10.2 Å². The van der Waals surface area contributed by atoms with Crippen LogP contribution in [0.25, 0.3) is 0 Å². The maximum Gasteiger partial charge on any atom is 0.220 e. The second-order valence-electron chi connectivity index (χ2n) is 7.90. The molecule has 0 aliphatic carbocycles. The van der Waals surface area contributed by atoms with Crippen molar-refractivity contribution in [2.24, 2.45) is 0 Å². The number of likely N-dealkylation sites (tertiary alicyclic amines) is 1. The molecule has 1 aliphatic heterocycles. The summed E-state index contributed by atoms with van der Waals surface area (Å²) >= 11 is 0. The molecule has 148 valence electrons. The van der Waals surface area contributed by atoms with Gasteiger partial charge in [0.15, 0.2) is 5.78 Å². The highest BCUT2D eigenvalue weighted by Crippen LogP contribution is 2.13. The van der Waals surface area contributed by atoms with Crippen molar-refractivity contribution >= 4 is 11.7 Å². The number of hydrogen-bond acceptors (Lipinski definition) is 2. The number of quaternary nitrogens is 1. The fraction of sp³-hybridized carbons (Fsp3) is 0.417. The lowest BCUT2D eigenvalue weighted by Gasteiger charge is -2.15. The van der Waals surface area contributed by atoms with Crippen molar-refractivity contribution in [3.63, 3.8) is 0 Å². The van der Waals surface area contributed by atoms with Gasteiger partial charge in [-0.25, -0.2) is 0 Å². The van der Waals surface area contributed by atoms with Crippen molar-refractivity contribution in [2.75, 3.05) is 13.1 Å². The number of Topliss-reactive ketones (excluding diaryl/α,β-unsaturated/α-hetero) is 1. The first-order valence-electron chi connectivity index (χ1n) is 10.3. The van der Waals surface area contributed by atoms with E-state index in [1.165, 1.54) is 42.6 Å². The molecule has 2 aromatic rings. The number of benzene rings is 2. The Balaban J connectivity index is 1.49. The van der Waals surface area contributed by atoms with Crippen LogP contribution in [0.2, 0.25) is 0 Å². The molecule has 1 aliphatic rings. The molecule has 0 spiro atoms. The normalized spacial score (nSPS) is 14.2. The fourth-order valence-corrected chi connectivity index (χ4v) is 3.79. The number of rotatable bonds is 8. The van der Waals surface area contributed by atoms with Crippen molar-refractivity contribution in [1.29, 1.82) is 0 Å². The van der Waals surface area contributed by atoms with Crippen LogP contribution in [-0.4, -0.2) is 24.8 Å². The molecule has 3 rings (SSSR count). The molecule has 0 unspecified atom stereocenters. The molecular formula is C24H31N2O2+. The summed E-state index contributed by atoms with van der Waals surface area (Å²) in [6, 6.07) is 14.1. The standard InChI is InChI=1S/C24H30N2O2/c1-18-9-10-20(15-19(18)2)23(27)11-12-24(28)25-16-21-7-3-4-8-22(21)17-26-13-5-6-14-26/h3-4,7-10,15H,5-6,11-14,16-17H2,1-2H3,(H,25,28)/p+1. The first-order valence-corrected chi connectivity index (χ1v) is 10.3. The summed E-state index contributed by atoms with van der Waals surface area (Å²) < 4.78 is 0. The fourth-order valence-electron chi connectivity index (χ4n) is 3.79. The van der Waals surface area contributed by atoms with Crippen LogP contribution in [0.4, 0.5) is 0 Å². The van der Waals surface area contributed by atoms with Gasteiger partial charge in [-0.05, 0) is 36.6 Å². The maximum absolute atomic E-state index is 12.4. The lowest BCUT2D eigenvalue weighted by Crippen LogP contribution is -3.08. The molecule has 0 atom stereocenters. The van der Waals surface area contributed by atoms with Crippen molar-refractivity contribution < 1.29 is 14.5 Å². The van der Waals surface area contributed by atoms with Crippen LogP contribution < -0.4 is 10.2 Å². The van der Waals surface area contributed by atoms with Crippen LogP contribution in [0.3, 0.4) is 0 Å². The van der Waals surface area contributed by atoms with Crippen LogP contribution in [0.5, 0.6) is 0 Å². The van der Waals surface area contributed by atoms with E-state index in [-0.39, 0.29) is 24.5 Å². The molecule has 2 N–H and O–H groups in total. The molecule has 1 fully saturated rings. The topological polar surface area (TPSA) is 50.6 Å². The number of ketones is 1. The Bertz CT molecular complexity index is 838. The predicted molar refractivity (Wildman–Crippen MR) is 111 cm³/mol. The Morgan fingerprint density at radius 1 is 0.929 bits per heavy atom. The Hall–Kier alpha value is -2.46. The van der Waals surface area contributed by atoms with Gasteiger partial charge in [0.1, 0.15) is 6.54 Å². The SMILES string of the molecule is Cc1ccc(C(=O)CCC(=O)NCc2ccccc2C[NH+]2CCCC2)cc1C. The highest BCUT2D eigenvalue weighted by molar-refractivity contribution is 5.98. The predicted octanol–water partition coefficient (Wildman–Crippen LogP) is 2.76. The highest BCUT2D eigenvalue weighted by Gasteiger charge is 2.17. The van der Waals surface area contributed by atoms with Gasteiger partial charge in [0.25, 0.3) is 0 Å². The number of carbonyl (C=O) groups is 2. The van der Waals surface area contributed by atoms with E-state index >= 15 is 0 Å². The molecule has 4 nitrogen and oxygen atoms in total. The van der Waals surface area contributed by atoms with Crippen molar-refractivity contribution in [1.82, 2.24) is 5.32 Å². The van der Waals surface area contributed by atoms with Gasteiger partial charge in [-0.1, -0.05) is 36.4 Å². The Labute approximate surface area is 167 Å². The molecule has 0 aromatic heterocycles. The molecule has 1 heterocycles. The summed E-state index contributed by atoms with van der Waals surface area (Å²) in [6.07, 6.45) is 3.09. The average molecular weight is 380 g/mol. The van der Waals surface area contributed by atoms with Crippen LogP contribution in [-0.2, 0) is 17.9 Å². The third kappa shape index (κ3) is 5.52. The molecular weight excluding hydrogens is 348 g/mol. The number of carbonyl (C=O) groups excluding carboxylic acids is 2. The largest absolute Gasteiger partial charge is 0.352 e. The van der Waals surface area contributed by atoms with Crippen LogP contribution in [0, 0.1) is 13.8 Å². The van der Waals surface area contributed by atoms with Gasteiger partial charge in [-0.3, -0.25) is 9.59 Å². The number of aryl methyl sites for hydroxylation is 2. The van der Waals surface area contributed by atoms with Crippen LogP contribution in [0.15, 0.2) is 42.5 Å². The quantitative estimate of drug-likeness (QED) is 0.693. The third-order valence-corrected chi connectivity index (χ3v) is 5.75. The van der Waals surface area contributed by atoms with Crippen LogP contribution in [0.1, 0.15) is 58.3 Å². The molecule has 4 heteroatoms. The third-order valence-electron chi connectivity index (χ3n) is 5.75. The number of amides is 1. The monoisotopic (exact) mass is 379 g/mol. The average Bonchev–Trinajstić information content (AvgIpc) is 3.20. The molecule has 2 aromatic carbocycles. The van der Waals surface area contributed by atoms with E-state index in [2.05, 4.69) is 23.5 Å². The van der Waals surface area contributed by atoms with Crippen molar-refractivity contribution in [3.8, 4) is 0 Å². The van der Waals surface area contributed by atoms with Gasteiger partial charge in [-0.2, -0.15) is 0 Å².